The number of benzene rings is 3. The van der Waals surface area contributed by atoms with Crippen LogP contribution < -0.4 is 15.2 Å². The normalized spacial score (nSPS) is 10.7. The maximum atomic E-state index is 11.8. The molecule has 7 nitrogen and oxygen atoms in total. The average Bonchev–Trinajstić information content (AvgIpc) is 2.69. The van der Waals surface area contributed by atoms with Crippen LogP contribution in [0.2, 0.25) is 0 Å². The molecule has 3 aromatic carbocycles. The molecule has 3 rings (SSSR count). The molecule has 0 aliphatic rings. The van der Waals surface area contributed by atoms with Gasteiger partial charge in [0.05, 0.1) is 17.7 Å². The Morgan fingerprint density at radius 3 is 2.33 bits per heavy atom. The van der Waals surface area contributed by atoms with Crippen molar-refractivity contribution in [3.05, 3.63) is 82.4 Å². The smallest absolute Gasteiger partial charge is 0.266 e. The van der Waals surface area contributed by atoms with E-state index in [9.17, 15) is 15.2 Å². The Morgan fingerprint density at radius 1 is 1.04 bits per heavy atom. The van der Waals surface area contributed by atoms with Crippen LogP contribution in [-0.4, -0.2) is 18.2 Å². The van der Waals surface area contributed by atoms with Crippen LogP contribution in [0.25, 0.3) is 0 Å². The summed E-state index contributed by atoms with van der Waals surface area (Å²) < 4.78 is 4.91. The van der Waals surface area contributed by atoms with Crippen molar-refractivity contribution in [1.29, 1.82) is 0 Å². The van der Waals surface area contributed by atoms with Crippen molar-refractivity contribution in [3.8, 4) is 11.5 Å². The molecule has 0 saturated carbocycles. The molecule has 0 saturated heterocycles. The largest absolute Gasteiger partial charge is 0.865 e. The van der Waals surface area contributed by atoms with E-state index in [0.29, 0.717) is 11.3 Å². The zero-order valence-corrected chi connectivity index (χ0v) is 14.5. The molecular formula is C20H16N3O4-. The number of methoxy groups -OCH3 is 1. The van der Waals surface area contributed by atoms with Gasteiger partial charge >= 0.3 is 0 Å². The molecule has 27 heavy (non-hydrogen) atoms. The SMILES string of the molecule is COc1cc(C=Nc2ccc(Nc3ccccc3)cc2)cc([N+](=O)[O-])c1[O-]. The van der Waals surface area contributed by atoms with E-state index in [4.69, 9.17) is 4.74 Å². The van der Waals surface area contributed by atoms with Crippen LogP contribution in [-0.2, 0) is 0 Å². The van der Waals surface area contributed by atoms with Crippen molar-refractivity contribution < 1.29 is 14.8 Å². The van der Waals surface area contributed by atoms with Crippen LogP contribution in [0.5, 0.6) is 11.5 Å². The van der Waals surface area contributed by atoms with E-state index in [1.54, 1.807) is 0 Å². The Hall–Kier alpha value is -3.87. The molecule has 0 spiro atoms. The van der Waals surface area contributed by atoms with Gasteiger partial charge in [0.25, 0.3) is 5.69 Å². The predicted octanol–water partition coefficient (Wildman–Crippen LogP) is 4.17. The summed E-state index contributed by atoms with van der Waals surface area (Å²) in [5.74, 6) is -0.843. The molecule has 0 atom stereocenters. The fraction of sp³-hybridized carbons (Fsp3) is 0.0500. The molecule has 3 aromatic rings. The number of nitro groups is 1. The van der Waals surface area contributed by atoms with Crippen molar-refractivity contribution in [1.82, 2.24) is 0 Å². The molecule has 1 N–H and O–H groups in total. The zero-order chi connectivity index (χ0) is 19.2. The minimum Gasteiger partial charge on any atom is -0.865 e. The lowest BCUT2D eigenvalue weighted by Gasteiger charge is -2.13. The second-order valence-electron chi connectivity index (χ2n) is 5.62. The Balaban J connectivity index is 1.78. The highest BCUT2D eigenvalue weighted by atomic mass is 16.6. The first-order valence-corrected chi connectivity index (χ1v) is 8.06. The lowest BCUT2D eigenvalue weighted by molar-refractivity contribution is -0.398. The zero-order valence-electron chi connectivity index (χ0n) is 14.5. The van der Waals surface area contributed by atoms with E-state index < -0.39 is 16.4 Å². The third-order valence-corrected chi connectivity index (χ3v) is 3.77. The minimum absolute atomic E-state index is 0.0898. The number of para-hydroxylation sites is 1. The first kappa shape index (κ1) is 17.9. The van der Waals surface area contributed by atoms with Crippen LogP contribution in [0.1, 0.15) is 5.56 Å². The van der Waals surface area contributed by atoms with Crippen molar-refractivity contribution in [2.75, 3.05) is 12.4 Å². The summed E-state index contributed by atoms with van der Waals surface area (Å²) in [6, 6.07) is 19.8. The van der Waals surface area contributed by atoms with Crippen molar-refractivity contribution >= 4 is 29.0 Å². The van der Waals surface area contributed by atoms with Gasteiger partial charge in [-0.15, -0.1) is 0 Å². The number of hydrogen-bond donors (Lipinski definition) is 1. The van der Waals surface area contributed by atoms with Crippen molar-refractivity contribution in [2.24, 2.45) is 4.99 Å². The molecule has 0 aromatic heterocycles. The van der Waals surface area contributed by atoms with Crippen LogP contribution in [0.3, 0.4) is 0 Å². The van der Waals surface area contributed by atoms with Gasteiger partial charge in [-0.05, 0) is 42.5 Å². The summed E-state index contributed by atoms with van der Waals surface area (Å²) in [6.45, 7) is 0. The number of aliphatic imine (C=N–C) groups is 1. The average molecular weight is 362 g/mol. The van der Waals surface area contributed by atoms with Crippen LogP contribution >= 0.6 is 0 Å². The van der Waals surface area contributed by atoms with E-state index in [0.717, 1.165) is 11.4 Å². The number of rotatable bonds is 6. The van der Waals surface area contributed by atoms with Crippen LogP contribution in [0, 0.1) is 10.1 Å². The monoisotopic (exact) mass is 362 g/mol. The maximum Gasteiger partial charge on any atom is 0.266 e. The lowest BCUT2D eigenvalue weighted by atomic mass is 10.2. The minimum atomic E-state index is -0.754. The molecule has 0 aliphatic carbocycles. The number of nitrogens with one attached hydrogen (secondary N) is 1. The predicted molar refractivity (Wildman–Crippen MR) is 103 cm³/mol. The second-order valence-corrected chi connectivity index (χ2v) is 5.62. The van der Waals surface area contributed by atoms with Gasteiger partial charge in [-0.3, -0.25) is 15.1 Å². The number of anilines is 2. The lowest BCUT2D eigenvalue weighted by Crippen LogP contribution is -2.02. The number of nitro benzene ring substituents is 1. The second kappa shape index (κ2) is 8.01. The molecule has 136 valence electrons. The van der Waals surface area contributed by atoms with Gasteiger partial charge in [0, 0.05) is 35.0 Å². The first-order chi connectivity index (χ1) is 13.1. The van der Waals surface area contributed by atoms with Gasteiger partial charge < -0.3 is 15.2 Å². The summed E-state index contributed by atoms with van der Waals surface area (Å²) in [5, 5.41) is 26.1. The summed E-state index contributed by atoms with van der Waals surface area (Å²) >= 11 is 0. The molecule has 0 radical (unpaired) electrons. The van der Waals surface area contributed by atoms with Crippen molar-refractivity contribution in [2.45, 2.75) is 0 Å². The third-order valence-electron chi connectivity index (χ3n) is 3.77. The van der Waals surface area contributed by atoms with Gasteiger partial charge in [0.15, 0.2) is 0 Å². The Labute approximate surface area is 155 Å². The van der Waals surface area contributed by atoms with E-state index in [1.807, 2.05) is 54.6 Å². The summed E-state index contributed by atoms with van der Waals surface area (Å²) in [5.41, 5.74) is 2.42. The van der Waals surface area contributed by atoms with Crippen LogP contribution in [0.4, 0.5) is 22.7 Å². The number of hydrogen-bond acceptors (Lipinski definition) is 6. The third kappa shape index (κ3) is 4.40. The summed E-state index contributed by atoms with van der Waals surface area (Å²) in [7, 11) is 1.29. The Kier molecular flexibility index (Phi) is 5.32. The number of nitrogens with zero attached hydrogens (tertiary/aromatic N) is 2. The molecule has 0 aliphatic heterocycles. The fourth-order valence-electron chi connectivity index (χ4n) is 2.44. The molecule has 0 fully saturated rings. The number of ether oxygens (including phenoxy) is 1. The molecule has 0 amide bonds. The van der Waals surface area contributed by atoms with Crippen molar-refractivity contribution in [3.63, 3.8) is 0 Å². The van der Waals surface area contributed by atoms with Gasteiger partial charge in [0.2, 0.25) is 0 Å². The highest BCUT2D eigenvalue weighted by molar-refractivity contribution is 5.85. The standard InChI is InChI=1S/C20H17N3O4/c1-27-19-12-14(11-18(20(19)24)23(25)26)13-21-15-7-9-17(10-8-15)22-16-5-3-2-4-6-16/h2-13,22,24H,1H3/p-1. The molecule has 7 heteroatoms. The first-order valence-electron chi connectivity index (χ1n) is 8.06. The Morgan fingerprint density at radius 2 is 1.70 bits per heavy atom. The molecule has 0 unspecified atom stereocenters. The molecule has 0 bridgehead atoms. The maximum absolute atomic E-state index is 11.8. The summed E-state index contributed by atoms with van der Waals surface area (Å²) in [6.07, 6.45) is 1.45. The van der Waals surface area contributed by atoms with E-state index >= 15 is 0 Å². The van der Waals surface area contributed by atoms with Gasteiger partial charge in [0.1, 0.15) is 5.75 Å². The van der Waals surface area contributed by atoms with Gasteiger partial charge in [-0.2, -0.15) is 0 Å². The Bertz CT molecular complexity index is 971. The highest BCUT2D eigenvalue weighted by Gasteiger charge is 2.12. The van der Waals surface area contributed by atoms with Gasteiger partial charge in [-0.25, -0.2) is 0 Å². The fourth-order valence-corrected chi connectivity index (χ4v) is 2.44. The summed E-state index contributed by atoms with van der Waals surface area (Å²) in [4.78, 5) is 14.6. The van der Waals surface area contributed by atoms with Crippen LogP contribution in [0.15, 0.2) is 71.7 Å². The molecular weight excluding hydrogens is 346 g/mol. The highest BCUT2D eigenvalue weighted by Crippen LogP contribution is 2.34. The topological polar surface area (TPSA) is 99.8 Å². The van der Waals surface area contributed by atoms with Gasteiger partial charge in [-0.1, -0.05) is 18.2 Å². The molecule has 0 heterocycles. The van der Waals surface area contributed by atoms with E-state index in [1.165, 1.54) is 25.5 Å². The van der Waals surface area contributed by atoms with E-state index in [2.05, 4.69) is 10.3 Å². The van der Waals surface area contributed by atoms with E-state index in [-0.39, 0.29) is 5.75 Å². The quantitative estimate of drug-likeness (QED) is 0.403.